The first-order chi connectivity index (χ1) is 9.74. The Balaban J connectivity index is 2.15. The van der Waals surface area contributed by atoms with E-state index in [4.69, 9.17) is 0 Å². The molecule has 0 unspecified atom stereocenters. The number of anilines is 1. The average Bonchev–Trinajstić information content (AvgIpc) is 2.93. The number of hydrogen-bond acceptors (Lipinski definition) is 4. The molecule has 2 rings (SSSR count). The maximum atomic E-state index is 4.20. The molecule has 0 fully saturated rings. The molecule has 2 aromatic rings. The average molecular weight is 273 g/mol. The lowest BCUT2D eigenvalue weighted by molar-refractivity contribution is 0.328. The van der Waals surface area contributed by atoms with E-state index >= 15 is 0 Å². The fraction of sp³-hybridized carbons (Fsp3) is 0.400. The number of nitrogens with one attached hydrogen (secondary N) is 3. The molecule has 5 nitrogen and oxygen atoms in total. The van der Waals surface area contributed by atoms with Crippen LogP contribution in [0, 0.1) is 0 Å². The van der Waals surface area contributed by atoms with E-state index in [1.807, 2.05) is 20.3 Å². The lowest BCUT2D eigenvalue weighted by Crippen LogP contribution is -2.26. The molecule has 108 valence electrons. The summed E-state index contributed by atoms with van der Waals surface area (Å²) >= 11 is 0. The first-order valence-corrected chi connectivity index (χ1v) is 6.88. The smallest absolute Gasteiger partial charge is 0.0696 e. The topological polar surface area (TPSA) is 56.0 Å². The van der Waals surface area contributed by atoms with Gasteiger partial charge in [0.05, 0.1) is 11.9 Å². The van der Waals surface area contributed by atoms with Crippen LogP contribution in [0.25, 0.3) is 11.3 Å². The van der Waals surface area contributed by atoms with Crippen LogP contribution in [0.1, 0.15) is 5.56 Å². The summed E-state index contributed by atoms with van der Waals surface area (Å²) in [5.74, 6) is 0. The summed E-state index contributed by atoms with van der Waals surface area (Å²) in [6.45, 7) is 2.88. The fourth-order valence-corrected chi connectivity index (χ4v) is 2.18. The van der Waals surface area contributed by atoms with Gasteiger partial charge in [-0.15, -0.1) is 0 Å². The Labute approximate surface area is 120 Å². The second-order valence-electron chi connectivity index (χ2n) is 4.94. The van der Waals surface area contributed by atoms with Crippen molar-refractivity contribution in [2.45, 2.75) is 6.54 Å². The molecule has 1 heterocycles. The Morgan fingerprint density at radius 2 is 2.15 bits per heavy atom. The van der Waals surface area contributed by atoms with E-state index in [2.05, 4.69) is 57.0 Å². The highest BCUT2D eigenvalue weighted by atomic mass is 15.1. The van der Waals surface area contributed by atoms with E-state index < -0.39 is 0 Å². The van der Waals surface area contributed by atoms with Crippen molar-refractivity contribution in [3.63, 3.8) is 0 Å². The lowest BCUT2D eigenvalue weighted by Gasteiger charge is -2.16. The molecule has 0 bridgehead atoms. The third-order valence-corrected chi connectivity index (χ3v) is 3.34. The molecule has 0 spiro atoms. The molecule has 20 heavy (non-hydrogen) atoms. The van der Waals surface area contributed by atoms with Gasteiger partial charge in [0.2, 0.25) is 0 Å². The largest absolute Gasteiger partial charge is 0.388 e. The van der Waals surface area contributed by atoms with Gasteiger partial charge in [-0.25, -0.2) is 0 Å². The van der Waals surface area contributed by atoms with Gasteiger partial charge in [0.25, 0.3) is 0 Å². The molecule has 1 aromatic carbocycles. The predicted octanol–water partition coefficient (Wildman–Crippen LogP) is 1.77. The van der Waals surface area contributed by atoms with Crippen molar-refractivity contribution in [2.75, 3.05) is 39.5 Å². The second-order valence-corrected chi connectivity index (χ2v) is 4.94. The van der Waals surface area contributed by atoms with Crippen LogP contribution >= 0.6 is 0 Å². The minimum atomic E-state index is 0.886. The Hall–Kier alpha value is -1.85. The Bertz CT molecular complexity index is 535. The fourth-order valence-electron chi connectivity index (χ4n) is 2.18. The molecule has 3 N–H and O–H groups in total. The van der Waals surface area contributed by atoms with E-state index in [0.29, 0.717) is 0 Å². The SMILES string of the molecule is CNCCN(C)Cc1cn[nH]c1-c1cccc(NC)c1. The first-order valence-electron chi connectivity index (χ1n) is 6.88. The van der Waals surface area contributed by atoms with E-state index in [9.17, 15) is 0 Å². The van der Waals surface area contributed by atoms with E-state index in [-0.39, 0.29) is 0 Å². The van der Waals surface area contributed by atoms with Crippen LogP contribution in [0.2, 0.25) is 0 Å². The molecule has 0 saturated heterocycles. The van der Waals surface area contributed by atoms with Gasteiger partial charge < -0.3 is 15.5 Å². The monoisotopic (exact) mass is 273 g/mol. The van der Waals surface area contributed by atoms with Crippen molar-refractivity contribution in [2.24, 2.45) is 0 Å². The minimum Gasteiger partial charge on any atom is -0.388 e. The molecule has 5 heteroatoms. The van der Waals surface area contributed by atoms with E-state index in [1.165, 1.54) is 5.56 Å². The first kappa shape index (κ1) is 14.6. The Kier molecular flexibility index (Phi) is 5.15. The molecule has 1 aromatic heterocycles. The molecular formula is C15H23N5. The lowest BCUT2D eigenvalue weighted by atomic mass is 10.1. The van der Waals surface area contributed by atoms with E-state index in [1.54, 1.807) is 0 Å². The highest BCUT2D eigenvalue weighted by molar-refractivity contribution is 5.67. The number of nitrogens with zero attached hydrogens (tertiary/aromatic N) is 2. The van der Waals surface area contributed by atoms with Crippen LogP contribution in [0.5, 0.6) is 0 Å². The highest BCUT2D eigenvalue weighted by Crippen LogP contribution is 2.24. The van der Waals surface area contributed by atoms with Gasteiger partial charge >= 0.3 is 0 Å². The van der Waals surface area contributed by atoms with Gasteiger partial charge in [-0.05, 0) is 26.2 Å². The molecule has 0 aliphatic carbocycles. The molecule has 0 aliphatic rings. The number of likely N-dealkylation sites (N-methyl/N-ethyl adjacent to an activating group) is 2. The van der Waals surface area contributed by atoms with Gasteiger partial charge in [0.1, 0.15) is 0 Å². The van der Waals surface area contributed by atoms with Crippen LogP contribution < -0.4 is 10.6 Å². The molecular weight excluding hydrogens is 250 g/mol. The zero-order valence-corrected chi connectivity index (χ0v) is 12.4. The molecule has 0 radical (unpaired) electrons. The Morgan fingerprint density at radius 3 is 2.90 bits per heavy atom. The second kappa shape index (κ2) is 7.07. The highest BCUT2D eigenvalue weighted by Gasteiger charge is 2.10. The number of hydrogen-bond donors (Lipinski definition) is 3. The Morgan fingerprint density at radius 1 is 1.30 bits per heavy atom. The maximum Gasteiger partial charge on any atom is 0.0696 e. The van der Waals surface area contributed by atoms with Gasteiger partial charge in [-0.3, -0.25) is 5.10 Å². The van der Waals surface area contributed by atoms with Gasteiger partial charge in [-0.1, -0.05) is 12.1 Å². The van der Waals surface area contributed by atoms with Crippen molar-refractivity contribution in [1.82, 2.24) is 20.4 Å². The third kappa shape index (κ3) is 3.59. The molecule has 0 atom stereocenters. The molecule has 0 saturated carbocycles. The van der Waals surface area contributed by atoms with Gasteiger partial charge in [-0.2, -0.15) is 5.10 Å². The molecule has 0 amide bonds. The summed E-state index contributed by atoms with van der Waals surface area (Å²) in [7, 11) is 6.02. The van der Waals surface area contributed by atoms with Crippen molar-refractivity contribution in [3.8, 4) is 11.3 Å². The van der Waals surface area contributed by atoms with Gasteiger partial charge in [0, 0.05) is 43.5 Å². The number of rotatable bonds is 7. The van der Waals surface area contributed by atoms with Crippen molar-refractivity contribution in [1.29, 1.82) is 0 Å². The maximum absolute atomic E-state index is 4.20. The number of aromatic nitrogens is 2. The van der Waals surface area contributed by atoms with Gasteiger partial charge in [0.15, 0.2) is 0 Å². The van der Waals surface area contributed by atoms with Crippen LogP contribution in [0.15, 0.2) is 30.5 Å². The summed E-state index contributed by atoms with van der Waals surface area (Å²) < 4.78 is 0. The third-order valence-electron chi connectivity index (χ3n) is 3.34. The summed E-state index contributed by atoms with van der Waals surface area (Å²) in [6.07, 6.45) is 1.91. The standard InChI is InChI=1S/C15H23N5/c1-16-7-8-20(3)11-13-10-18-19-15(13)12-5-4-6-14(9-12)17-2/h4-6,9-10,16-17H,7-8,11H2,1-3H3,(H,18,19). The zero-order chi connectivity index (χ0) is 14.4. The number of benzene rings is 1. The zero-order valence-electron chi connectivity index (χ0n) is 12.4. The van der Waals surface area contributed by atoms with Crippen LogP contribution in [0.4, 0.5) is 5.69 Å². The summed E-state index contributed by atoms with van der Waals surface area (Å²) in [4.78, 5) is 2.28. The quantitative estimate of drug-likeness (QED) is 0.719. The summed E-state index contributed by atoms with van der Waals surface area (Å²) in [6, 6.07) is 8.34. The van der Waals surface area contributed by atoms with Crippen LogP contribution in [-0.4, -0.2) is 49.3 Å². The summed E-state index contributed by atoms with van der Waals surface area (Å²) in [5.41, 5.74) is 4.58. The number of H-pyrrole nitrogens is 1. The normalized spacial score (nSPS) is 11.0. The van der Waals surface area contributed by atoms with Crippen molar-refractivity contribution in [3.05, 3.63) is 36.0 Å². The predicted molar refractivity (Wildman–Crippen MR) is 83.8 cm³/mol. The number of aromatic amines is 1. The van der Waals surface area contributed by atoms with Crippen molar-refractivity contribution >= 4 is 5.69 Å². The van der Waals surface area contributed by atoms with Crippen molar-refractivity contribution < 1.29 is 0 Å². The van der Waals surface area contributed by atoms with Crippen LogP contribution in [-0.2, 0) is 6.54 Å². The van der Waals surface area contributed by atoms with Crippen LogP contribution in [0.3, 0.4) is 0 Å². The molecule has 0 aliphatic heterocycles. The summed E-state index contributed by atoms with van der Waals surface area (Å²) in [5, 5.41) is 13.6. The van der Waals surface area contributed by atoms with E-state index in [0.717, 1.165) is 36.6 Å². The minimum absolute atomic E-state index is 0.886.